The first-order chi connectivity index (χ1) is 9.19. The zero-order valence-electron chi connectivity index (χ0n) is 10.7. The minimum atomic E-state index is 0.569. The number of fused-ring (bicyclic) bond motifs is 1. The molecule has 0 spiro atoms. The molecular formula is C14H15Cl2N3. The van der Waals surface area contributed by atoms with Crippen LogP contribution < -0.4 is 0 Å². The second-order valence-corrected chi connectivity index (χ2v) is 5.59. The van der Waals surface area contributed by atoms with Crippen LogP contribution in [0.15, 0.2) is 18.2 Å². The molecule has 0 unspecified atom stereocenters. The van der Waals surface area contributed by atoms with Crippen molar-refractivity contribution in [2.75, 3.05) is 13.1 Å². The van der Waals surface area contributed by atoms with Crippen molar-refractivity contribution in [3.05, 3.63) is 39.5 Å². The first-order valence-electron chi connectivity index (χ1n) is 6.43. The molecule has 1 N–H and O–H groups in total. The van der Waals surface area contributed by atoms with E-state index in [0.717, 1.165) is 37.3 Å². The number of aromatic amines is 1. The van der Waals surface area contributed by atoms with Gasteiger partial charge in [-0.15, -0.1) is 0 Å². The smallest absolute Gasteiger partial charge is 0.0969 e. The summed E-state index contributed by atoms with van der Waals surface area (Å²) in [6.07, 6.45) is 1.03. The van der Waals surface area contributed by atoms with E-state index in [1.54, 1.807) is 0 Å². The Bertz CT molecular complexity index is 607. The summed E-state index contributed by atoms with van der Waals surface area (Å²) in [4.78, 5) is 2.42. The van der Waals surface area contributed by atoms with E-state index in [0.29, 0.717) is 10.0 Å². The Hall–Kier alpha value is -1.03. The average molecular weight is 296 g/mol. The van der Waals surface area contributed by atoms with Gasteiger partial charge >= 0.3 is 0 Å². The lowest BCUT2D eigenvalue weighted by Gasteiger charge is -2.25. The summed E-state index contributed by atoms with van der Waals surface area (Å²) in [7, 11) is 0. The molecule has 3 nitrogen and oxygen atoms in total. The molecule has 0 saturated carbocycles. The Kier molecular flexibility index (Phi) is 3.52. The number of nitrogens with zero attached hydrogens (tertiary/aromatic N) is 2. The van der Waals surface area contributed by atoms with Gasteiger partial charge in [0.25, 0.3) is 0 Å². The number of hydrogen-bond acceptors (Lipinski definition) is 2. The van der Waals surface area contributed by atoms with Crippen LogP contribution in [-0.2, 0) is 13.0 Å². The Morgan fingerprint density at radius 1 is 1.32 bits per heavy atom. The van der Waals surface area contributed by atoms with Gasteiger partial charge < -0.3 is 0 Å². The van der Waals surface area contributed by atoms with Crippen LogP contribution in [0.5, 0.6) is 0 Å². The summed E-state index contributed by atoms with van der Waals surface area (Å²) in [5, 5.41) is 8.75. The van der Waals surface area contributed by atoms with Crippen LogP contribution in [0.3, 0.4) is 0 Å². The fourth-order valence-corrected chi connectivity index (χ4v) is 2.80. The molecule has 0 atom stereocenters. The Morgan fingerprint density at radius 3 is 2.89 bits per heavy atom. The molecule has 2 heterocycles. The Balaban J connectivity index is 2.02. The topological polar surface area (TPSA) is 31.9 Å². The van der Waals surface area contributed by atoms with Gasteiger partial charge in [0.05, 0.1) is 15.7 Å². The van der Waals surface area contributed by atoms with Gasteiger partial charge in [0.2, 0.25) is 0 Å². The minimum absolute atomic E-state index is 0.569. The lowest BCUT2D eigenvalue weighted by molar-refractivity contribution is 0.267. The van der Waals surface area contributed by atoms with Crippen LogP contribution in [-0.4, -0.2) is 28.2 Å². The highest BCUT2D eigenvalue weighted by atomic mass is 35.5. The van der Waals surface area contributed by atoms with Crippen LogP contribution in [0.25, 0.3) is 11.3 Å². The average Bonchev–Trinajstić information content (AvgIpc) is 2.84. The van der Waals surface area contributed by atoms with Crippen molar-refractivity contribution in [1.29, 1.82) is 0 Å². The number of hydrogen-bond donors (Lipinski definition) is 1. The molecule has 2 aromatic rings. The number of likely N-dealkylation sites (N-methyl/N-ethyl adjacent to an activating group) is 1. The SMILES string of the molecule is CCN1CCc2[nH]nc(-c3ccc(Cl)c(Cl)c3)c2C1. The third kappa shape index (κ3) is 2.38. The first-order valence-corrected chi connectivity index (χ1v) is 7.18. The third-order valence-corrected chi connectivity index (χ3v) is 4.39. The van der Waals surface area contributed by atoms with Crippen molar-refractivity contribution in [2.24, 2.45) is 0 Å². The number of benzene rings is 1. The highest BCUT2D eigenvalue weighted by molar-refractivity contribution is 6.42. The fourth-order valence-electron chi connectivity index (χ4n) is 2.50. The lowest BCUT2D eigenvalue weighted by atomic mass is 10.0. The second-order valence-electron chi connectivity index (χ2n) is 4.78. The molecule has 0 aliphatic carbocycles. The standard InChI is InChI=1S/C14H15Cl2N3/c1-2-19-6-5-13-10(8-19)14(18-17-13)9-3-4-11(15)12(16)7-9/h3-4,7H,2,5-6,8H2,1H3,(H,17,18). The monoisotopic (exact) mass is 295 g/mol. The van der Waals surface area contributed by atoms with E-state index in [4.69, 9.17) is 23.2 Å². The van der Waals surface area contributed by atoms with E-state index in [2.05, 4.69) is 22.0 Å². The third-order valence-electron chi connectivity index (χ3n) is 3.65. The molecule has 0 saturated heterocycles. The van der Waals surface area contributed by atoms with Crippen LogP contribution in [0.1, 0.15) is 18.2 Å². The minimum Gasteiger partial charge on any atom is -0.299 e. The highest BCUT2D eigenvalue weighted by Crippen LogP contribution is 2.32. The molecule has 0 fully saturated rings. The molecule has 0 bridgehead atoms. The summed E-state index contributed by atoms with van der Waals surface area (Å²) in [5.74, 6) is 0. The van der Waals surface area contributed by atoms with Crippen molar-refractivity contribution < 1.29 is 0 Å². The van der Waals surface area contributed by atoms with Crippen molar-refractivity contribution in [1.82, 2.24) is 15.1 Å². The summed E-state index contributed by atoms with van der Waals surface area (Å²) < 4.78 is 0. The summed E-state index contributed by atoms with van der Waals surface area (Å²) in [6, 6.07) is 5.67. The molecule has 1 aliphatic heterocycles. The summed E-state index contributed by atoms with van der Waals surface area (Å²) in [6.45, 7) is 5.28. The normalized spacial score (nSPS) is 15.5. The maximum absolute atomic E-state index is 6.09. The fraction of sp³-hybridized carbons (Fsp3) is 0.357. The van der Waals surface area contributed by atoms with E-state index in [-0.39, 0.29) is 0 Å². The van der Waals surface area contributed by atoms with Gasteiger partial charge in [0.15, 0.2) is 0 Å². The number of nitrogens with one attached hydrogen (secondary N) is 1. The zero-order valence-corrected chi connectivity index (χ0v) is 12.2. The highest BCUT2D eigenvalue weighted by Gasteiger charge is 2.21. The van der Waals surface area contributed by atoms with E-state index in [1.807, 2.05) is 18.2 Å². The van der Waals surface area contributed by atoms with Gasteiger partial charge in [-0.3, -0.25) is 10.00 Å². The largest absolute Gasteiger partial charge is 0.299 e. The van der Waals surface area contributed by atoms with Gasteiger partial charge in [0, 0.05) is 36.3 Å². The molecule has 0 amide bonds. The van der Waals surface area contributed by atoms with Crippen molar-refractivity contribution in [3.8, 4) is 11.3 Å². The molecule has 0 radical (unpaired) electrons. The van der Waals surface area contributed by atoms with Crippen molar-refractivity contribution >= 4 is 23.2 Å². The Morgan fingerprint density at radius 2 is 2.16 bits per heavy atom. The van der Waals surface area contributed by atoms with Crippen LogP contribution in [0.2, 0.25) is 10.0 Å². The molecular weight excluding hydrogens is 281 g/mol. The predicted molar refractivity (Wildman–Crippen MR) is 78.7 cm³/mol. The van der Waals surface area contributed by atoms with Crippen LogP contribution in [0.4, 0.5) is 0 Å². The molecule has 3 rings (SSSR count). The van der Waals surface area contributed by atoms with E-state index < -0.39 is 0 Å². The molecule has 100 valence electrons. The molecule has 19 heavy (non-hydrogen) atoms. The summed E-state index contributed by atoms with van der Waals surface area (Å²) in [5.41, 5.74) is 4.54. The van der Waals surface area contributed by atoms with Gasteiger partial charge in [-0.25, -0.2) is 0 Å². The number of halogens is 2. The summed E-state index contributed by atoms with van der Waals surface area (Å²) >= 11 is 12.1. The van der Waals surface area contributed by atoms with Crippen molar-refractivity contribution in [3.63, 3.8) is 0 Å². The molecule has 1 aliphatic rings. The number of rotatable bonds is 2. The van der Waals surface area contributed by atoms with E-state index in [1.165, 1.54) is 11.3 Å². The zero-order chi connectivity index (χ0) is 13.4. The molecule has 5 heteroatoms. The van der Waals surface area contributed by atoms with Gasteiger partial charge in [0.1, 0.15) is 0 Å². The number of H-pyrrole nitrogens is 1. The molecule has 1 aromatic heterocycles. The van der Waals surface area contributed by atoms with Crippen LogP contribution >= 0.6 is 23.2 Å². The predicted octanol–water partition coefficient (Wildman–Crippen LogP) is 3.76. The number of aromatic nitrogens is 2. The maximum Gasteiger partial charge on any atom is 0.0969 e. The Labute approximate surface area is 122 Å². The first kappa shape index (κ1) is 13.0. The quantitative estimate of drug-likeness (QED) is 0.915. The van der Waals surface area contributed by atoms with Gasteiger partial charge in [-0.05, 0) is 18.7 Å². The van der Waals surface area contributed by atoms with Crippen LogP contribution in [0, 0.1) is 0 Å². The molecule has 1 aromatic carbocycles. The lowest BCUT2D eigenvalue weighted by Crippen LogP contribution is -2.30. The second kappa shape index (κ2) is 5.16. The van der Waals surface area contributed by atoms with E-state index in [9.17, 15) is 0 Å². The van der Waals surface area contributed by atoms with Gasteiger partial charge in [-0.1, -0.05) is 36.2 Å². The maximum atomic E-state index is 6.09. The van der Waals surface area contributed by atoms with Crippen molar-refractivity contribution in [2.45, 2.75) is 19.9 Å². The van der Waals surface area contributed by atoms with Gasteiger partial charge in [-0.2, -0.15) is 5.10 Å². The van der Waals surface area contributed by atoms with E-state index >= 15 is 0 Å².